The van der Waals surface area contributed by atoms with Crippen LogP contribution in [0.2, 0.25) is 15.1 Å². The van der Waals surface area contributed by atoms with Crippen LogP contribution in [0.1, 0.15) is 35.3 Å². The van der Waals surface area contributed by atoms with E-state index in [4.69, 9.17) is 44.5 Å². The molecule has 30 heavy (non-hydrogen) atoms. The minimum Gasteiger partial charge on any atom is -0.508 e. The van der Waals surface area contributed by atoms with Gasteiger partial charge in [0.1, 0.15) is 17.7 Å². The summed E-state index contributed by atoms with van der Waals surface area (Å²) in [6.45, 7) is 0. The van der Waals surface area contributed by atoms with E-state index in [1.807, 2.05) is 30.3 Å². The average Bonchev–Trinajstić information content (AvgIpc) is 2.75. The van der Waals surface area contributed by atoms with Crippen molar-refractivity contribution in [1.82, 2.24) is 5.32 Å². The van der Waals surface area contributed by atoms with Gasteiger partial charge >= 0.3 is 0 Å². The summed E-state index contributed by atoms with van der Waals surface area (Å²) in [5.74, 6) is 0.948. The predicted octanol–water partition coefficient (Wildman–Crippen LogP) is 6.58. The Hall–Kier alpha value is -2.24. The summed E-state index contributed by atoms with van der Waals surface area (Å²) in [7, 11) is 1.63. The number of phenols is 1. The number of phenolic OH excluding ortho intramolecular Hbond substituents is 1. The number of ether oxygens (including phenoxy) is 1. The first kappa shape index (κ1) is 21.0. The zero-order chi connectivity index (χ0) is 21.3. The lowest BCUT2D eigenvalue weighted by Crippen LogP contribution is -2.33. The van der Waals surface area contributed by atoms with E-state index in [1.165, 1.54) is 0 Å². The van der Waals surface area contributed by atoms with Gasteiger partial charge in [-0.3, -0.25) is 10.3 Å². The van der Waals surface area contributed by atoms with Crippen LogP contribution in [-0.2, 0) is 0 Å². The first-order valence-electron chi connectivity index (χ1n) is 9.35. The smallest absolute Gasteiger partial charge is 0.127 e. The summed E-state index contributed by atoms with van der Waals surface area (Å²) in [4.78, 5) is 4.92. The first-order valence-corrected chi connectivity index (χ1v) is 10.5. The number of hydrogen-bond acceptors (Lipinski definition) is 4. The van der Waals surface area contributed by atoms with E-state index in [1.54, 1.807) is 37.4 Å². The third-order valence-corrected chi connectivity index (χ3v) is 5.88. The maximum atomic E-state index is 10.5. The Balaban J connectivity index is 1.78. The number of rotatable bonds is 4. The Morgan fingerprint density at radius 2 is 1.63 bits per heavy atom. The van der Waals surface area contributed by atoms with E-state index < -0.39 is 6.17 Å². The van der Waals surface area contributed by atoms with Crippen LogP contribution < -0.4 is 10.1 Å². The van der Waals surface area contributed by atoms with E-state index in [9.17, 15) is 5.11 Å². The molecule has 3 aromatic rings. The van der Waals surface area contributed by atoms with Crippen LogP contribution in [0, 0.1) is 0 Å². The van der Waals surface area contributed by atoms with Crippen molar-refractivity contribution in [2.24, 2.45) is 4.99 Å². The van der Waals surface area contributed by atoms with Crippen molar-refractivity contribution in [3.05, 3.63) is 92.4 Å². The molecule has 4 nitrogen and oxygen atoms in total. The van der Waals surface area contributed by atoms with Crippen molar-refractivity contribution in [2.45, 2.75) is 18.6 Å². The van der Waals surface area contributed by atoms with Gasteiger partial charge in [0.25, 0.3) is 0 Å². The van der Waals surface area contributed by atoms with Crippen molar-refractivity contribution in [1.29, 1.82) is 0 Å². The van der Waals surface area contributed by atoms with Crippen molar-refractivity contribution >= 4 is 40.5 Å². The first-order chi connectivity index (χ1) is 14.4. The Kier molecular flexibility index (Phi) is 6.21. The third kappa shape index (κ3) is 4.42. The zero-order valence-corrected chi connectivity index (χ0v) is 18.3. The lowest BCUT2D eigenvalue weighted by molar-refractivity contribution is 0.412. The van der Waals surface area contributed by atoms with Gasteiger partial charge in [-0.05, 0) is 60.2 Å². The Bertz CT molecular complexity index is 1100. The van der Waals surface area contributed by atoms with Gasteiger partial charge in [-0.2, -0.15) is 0 Å². The monoisotopic (exact) mass is 460 g/mol. The van der Waals surface area contributed by atoms with Gasteiger partial charge in [-0.1, -0.05) is 40.9 Å². The molecule has 4 rings (SSSR count). The molecule has 1 aliphatic heterocycles. The number of methoxy groups -OCH3 is 1. The molecule has 0 amide bonds. The van der Waals surface area contributed by atoms with Crippen molar-refractivity contribution in [3.8, 4) is 11.5 Å². The third-order valence-electron chi connectivity index (χ3n) is 5.09. The Morgan fingerprint density at radius 1 is 0.933 bits per heavy atom. The molecule has 2 unspecified atom stereocenters. The molecule has 0 saturated heterocycles. The van der Waals surface area contributed by atoms with Gasteiger partial charge in [0.15, 0.2) is 0 Å². The predicted molar refractivity (Wildman–Crippen MR) is 122 cm³/mol. The minimum atomic E-state index is -0.413. The van der Waals surface area contributed by atoms with Crippen LogP contribution in [0.15, 0.2) is 65.7 Å². The van der Waals surface area contributed by atoms with E-state index >= 15 is 0 Å². The molecule has 1 aliphatic rings. The molecule has 7 heteroatoms. The van der Waals surface area contributed by atoms with Crippen LogP contribution in [0.3, 0.4) is 0 Å². The maximum absolute atomic E-state index is 10.5. The number of aliphatic imine (C=N–C) groups is 1. The second-order valence-electron chi connectivity index (χ2n) is 7.00. The van der Waals surface area contributed by atoms with Crippen molar-refractivity contribution in [3.63, 3.8) is 0 Å². The number of benzene rings is 3. The number of aromatic hydroxyl groups is 1. The molecule has 3 aromatic carbocycles. The fourth-order valence-corrected chi connectivity index (χ4v) is 4.24. The van der Waals surface area contributed by atoms with Gasteiger partial charge in [-0.15, -0.1) is 0 Å². The van der Waals surface area contributed by atoms with E-state index in [2.05, 4.69) is 5.32 Å². The van der Waals surface area contributed by atoms with Crippen molar-refractivity contribution < 1.29 is 9.84 Å². The normalized spacial score (nSPS) is 18.7. The summed E-state index contributed by atoms with van der Waals surface area (Å²) >= 11 is 18.7. The summed E-state index contributed by atoms with van der Waals surface area (Å²) in [6, 6.07) is 17.9. The van der Waals surface area contributed by atoms with Crippen LogP contribution in [0.5, 0.6) is 11.5 Å². The number of hydrogen-bond donors (Lipinski definition) is 2. The largest absolute Gasteiger partial charge is 0.508 e. The SMILES string of the molecule is COc1ccc(C2=NC(c3ccc(Cl)cc3Cl)NC(c3cc(Cl)ccc3O)C2)cc1. The lowest BCUT2D eigenvalue weighted by atomic mass is 9.93. The molecule has 0 bridgehead atoms. The number of nitrogens with zero attached hydrogens (tertiary/aromatic N) is 1. The molecule has 0 aromatic heterocycles. The number of nitrogens with one attached hydrogen (secondary N) is 1. The maximum Gasteiger partial charge on any atom is 0.127 e. The standard InChI is InChI=1S/C23H19Cl3N2O2/c1-30-16-6-2-13(3-7-16)20-12-21(18-10-14(24)5-9-22(18)29)28-23(27-20)17-8-4-15(25)11-19(17)26/h2-11,21,23,28-29H,12H2,1H3. The zero-order valence-electron chi connectivity index (χ0n) is 16.1. The minimum absolute atomic E-state index is 0.175. The van der Waals surface area contributed by atoms with Gasteiger partial charge in [-0.25, -0.2) is 0 Å². The van der Waals surface area contributed by atoms with Gasteiger partial charge in [0.2, 0.25) is 0 Å². The molecule has 0 fully saturated rings. The second-order valence-corrected chi connectivity index (χ2v) is 8.28. The van der Waals surface area contributed by atoms with E-state index in [0.717, 1.165) is 22.6 Å². The topological polar surface area (TPSA) is 53.8 Å². The van der Waals surface area contributed by atoms with Crippen LogP contribution in [-0.4, -0.2) is 17.9 Å². The summed E-state index contributed by atoms with van der Waals surface area (Å²) in [5, 5.41) is 15.6. The molecule has 0 radical (unpaired) electrons. The van der Waals surface area contributed by atoms with Crippen LogP contribution >= 0.6 is 34.8 Å². The Morgan fingerprint density at radius 3 is 2.33 bits per heavy atom. The molecular formula is C23H19Cl3N2O2. The number of halogens is 3. The molecule has 154 valence electrons. The van der Waals surface area contributed by atoms with Gasteiger partial charge < -0.3 is 9.84 Å². The molecular weight excluding hydrogens is 443 g/mol. The summed E-state index contributed by atoms with van der Waals surface area (Å²) < 4.78 is 5.26. The highest BCUT2D eigenvalue weighted by atomic mass is 35.5. The Labute approximate surface area is 190 Å². The molecule has 0 aliphatic carbocycles. The quantitative estimate of drug-likeness (QED) is 0.461. The molecule has 0 saturated carbocycles. The molecule has 1 heterocycles. The van der Waals surface area contributed by atoms with E-state index in [0.29, 0.717) is 27.1 Å². The molecule has 0 spiro atoms. The average molecular weight is 462 g/mol. The highest BCUT2D eigenvalue weighted by Crippen LogP contribution is 2.37. The summed E-state index contributed by atoms with van der Waals surface area (Å²) in [5.41, 5.74) is 3.37. The van der Waals surface area contributed by atoms with Crippen LogP contribution in [0.4, 0.5) is 0 Å². The van der Waals surface area contributed by atoms with E-state index in [-0.39, 0.29) is 11.8 Å². The van der Waals surface area contributed by atoms with Gasteiger partial charge in [0, 0.05) is 44.4 Å². The lowest BCUT2D eigenvalue weighted by Gasteiger charge is -2.31. The fourth-order valence-electron chi connectivity index (χ4n) is 3.55. The van der Waals surface area contributed by atoms with Crippen molar-refractivity contribution in [2.75, 3.05) is 7.11 Å². The summed E-state index contributed by atoms with van der Waals surface area (Å²) in [6.07, 6.45) is 0.158. The second kappa shape index (κ2) is 8.86. The van der Waals surface area contributed by atoms with Crippen LogP contribution in [0.25, 0.3) is 0 Å². The molecule has 2 N–H and O–H groups in total. The fraction of sp³-hybridized carbons (Fsp3) is 0.174. The highest BCUT2D eigenvalue weighted by molar-refractivity contribution is 6.35. The highest BCUT2D eigenvalue weighted by Gasteiger charge is 2.29. The van der Waals surface area contributed by atoms with Gasteiger partial charge in [0.05, 0.1) is 7.11 Å². The molecule has 2 atom stereocenters.